The van der Waals surface area contributed by atoms with Gasteiger partial charge < -0.3 is 10.5 Å². The summed E-state index contributed by atoms with van der Waals surface area (Å²) in [6.07, 6.45) is 1.42. The molecular formula is C8H11BN2O2. The molecule has 0 aromatic carbocycles. The van der Waals surface area contributed by atoms with Crippen molar-refractivity contribution >= 4 is 25.1 Å². The van der Waals surface area contributed by atoms with E-state index < -0.39 is 0 Å². The summed E-state index contributed by atoms with van der Waals surface area (Å²) in [5.74, 6) is 0.0751. The smallest absolute Gasteiger partial charge is 0.339 e. The number of carbonyl (C=O) groups is 1. The molecule has 0 saturated carbocycles. The number of ether oxygens (including phenoxy) is 1. The highest BCUT2D eigenvalue weighted by molar-refractivity contribution is 6.35. The predicted molar refractivity (Wildman–Crippen MR) is 52.8 cm³/mol. The zero-order valence-electron chi connectivity index (χ0n) is 7.70. The molecule has 13 heavy (non-hydrogen) atoms. The quantitative estimate of drug-likeness (QED) is 0.470. The van der Waals surface area contributed by atoms with E-state index in [0.717, 1.165) is 5.46 Å². The van der Waals surface area contributed by atoms with Crippen molar-refractivity contribution in [2.24, 2.45) is 0 Å². The van der Waals surface area contributed by atoms with Gasteiger partial charge in [0, 0.05) is 6.20 Å². The molecule has 0 aliphatic rings. The summed E-state index contributed by atoms with van der Waals surface area (Å²) in [6.45, 7) is 2.12. The van der Waals surface area contributed by atoms with Gasteiger partial charge in [-0.25, -0.2) is 9.78 Å². The van der Waals surface area contributed by atoms with Crippen molar-refractivity contribution in [1.29, 1.82) is 0 Å². The van der Waals surface area contributed by atoms with Crippen LogP contribution in [0, 0.1) is 0 Å². The van der Waals surface area contributed by atoms with E-state index in [1.807, 2.05) is 0 Å². The maximum atomic E-state index is 11.2. The van der Waals surface area contributed by atoms with Crippen LogP contribution in [0.2, 0.25) is 0 Å². The van der Waals surface area contributed by atoms with Crippen molar-refractivity contribution in [2.75, 3.05) is 12.3 Å². The molecule has 68 valence electrons. The molecule has 1 heterocycles. The van der Waals surface area contributed by atoms with Crippen LogP contribution in [0.1, 0.15) is 17.3 Å². The van der Waals surface area contributed by atoms with Crippen molar-refractivity contribution < 1.29 is 9.53 Å². The van der Waals surface area contributed by atoms with Crippen molar-refractivity contribution in [3.63, 3.8) is 0 Å². The number of nitrogens with zero attached hydrogens (tertiary/aromatic N) is 1. The number of rotatable bonds is 2. The van der Waals surface area contributed by atoms with Gasteiger partial charge in [-0.05, 0) is 18.5 Å². The lowest BCUT2D eigenvalue weighted by molar-refractivity contribution is 0.0526. The molecule has 0 fully saturated rings. The topological polar surface area (TPSA) is 65.2 Å². The van der Waals surface area contributed by atoms with Crippen LogP contribution >= 0.6 is 0 Å². The number of nitrogen functional groups attached to an aromatic ring is 1. The SMILES string of the molecule is Bc1cc(C(=O)OCC)cnc1N. The Balaban J connectivity index is 2.90. The number of esters is 1. The molecule has 1 aromatic heterocycles. The minimum atomic E-state index is -0.363. The Hall–Kier alpha value is -1.52. The molecule has 0 bridgehead atoms. The third-order valence-corrected chi connectivity index (χ3v) is 1.63. The van der Waals surface area contributed by atoms with Crippen molar-refractivity contribution in [3.05, 3.63) is 17.8 Å². The Labute approximate surface area is 77.5 Å². The molecule has 0 spiro atoms. The maximum absolute atomic E-state index is 11.2. The zero-order valence-corrected chi connectivity index (χ0v) is 7.70. The molecule has 2 N–H and O–H groups in total. The van der Waals surface area contributed by atoms with Gasteiger partial charge in [-0.3, -0.25) is 0 Å². The second-order valence-corrected chi connectivity index (χ2v) is 2.65. The Bertz CT molecular complexity index is 328. The van der Waals surface area contributed by atoms with E-state index in [9.17, 15) is 4.79 Å². The first-order valence-corrected chi connectivity index (χ1v) is 4.04. The van der Waals surface area contributed by atoms with E-state index in [1.54, 1.807) is 20.8 Å². The number of aromatic nitrogens is 1. The van der Waals surface area contributed by atoms with E-state index in [1.165, 1.54) is 6.20 Å². The van der Waals surface area contributed by atoms with Gasteiger partial charge in [-0.2, -0.15) is 0 Å². The molecule has 0 radical (unpaired) electrons. The fourth-order valence-corrected chi connectivity index (χ4v) is 0.911. The maximum Gasteiger partial charge on any atom is 0.339 e. The average Bonchev–Trinajstić information content (AvgIpc) is 2.10. The van der Waals surface area contributed by atoms with E-state index in [2.05, 4.69) is 4.98 Å². The van der Waals surface area contributed by atoms with Crippen LogP contribution in [0.4, 0.5) is 5.82 Å². The molecule has 0 saturated heterocycles. The van der Waals surface area contributed by atoms with Crippen LogP contribution in [0.5, 0.6) is 0 Å². The Morgan fingerprint density at radius 1 is 1.77 bits per heavy atom. The van der Waals surface area contributed by atoms with Crippen molar-refractivity contribution in [1.82, 2.24) is 4.98 Å². The standard InChI is InChI=1S/C8H11BN2O2/c1-2-13-8(12)5-3-6(9)7(10)11-4-5/h3-4H,2,9H2,1H3,(H2,10,11). The van der Waals surface area contributed by atoms with E-state index in [4.69, 9.17) is 10.5 Å². The second kappa shape index (κ2) is 3.93. The van der Waals surface area contributed by atoms with Crippen LogP contribution < -0.4 is 11.2 Å². The Kier molecular flexibility index (Phi) is 2.90. The number of pyridine rings is 1. The fourth-order valence-electron chi connectivity index (χ4n) is 0.911. The van der Waals surface area contributed by atoms with Crippen LogP contribution in [0.15, 0.2) is 12.3 Å². The minimum Gasteiger partial charge on any atom is -0.462 e. The van der Waals surface area contributed by atoms with Crippen molar-refractivity contribution in [3.8, 4) is 0 Å². The molecule has 0 aliphatic heterocycles. The summed E-state index contributed by atoms with van der Waals surface area (Å²) in [7, 11) is 1.80. The molecule has 5 heteroatoms. The number of hydrogen-bond donors (Lipinski definition) is 1. The number of anilines is 1. The molecule has 0 unspecified atom stereocenters. The van der Waals surface area contributed by atoms with Crippen LogP contribution in [0.25, 0.3) is 0 Å². The summed E-state index contributed by atoms with van der Waals surface area (Å²) < 4.78 is 4.80. The molecule has 1 rings (SSSR count). The first kappa shape index (κ1) is 9.57. The first-order valence-electron chi connectivity index (χ1n) is 4.04. The summed E-state index contributed by atoms with van der Waals surface area (Å²) in [4.78, 5) is 15.1. The Morgan fingerprint density at radius 2 is 2.46 bits per heavy atom. The Morgan fingerprint density at radius 3 is 3.00 bits per heavy atom. The molecule has 0 atom stereocenters. The highest BCUT2D eigenvalue weighted by Gasteiger charge is 2.07. The van der Waals surface area contributed by atoms with Gasteiger partial charge in [0.1, 0.15) is 13.7 Å². The minimum absolute atomic E-state index is 0.363. The van der Waals surface area contributed by atoms with Crippen LogP contribution in [-0.2, 0) is 4.74 Å². The van der Waals surface area contributed by atoms with Gasteiger partial charge in [-0.1, -0.05) is 0 Å². The number of hydrogen-bond acceptors (Lipinski definition) is 4. The first-order chi connectivity index (χ1) is 6.15. The van der Waals surface area contributed by atoms with Gasteiger partial charge >= 0.3 is 5.97 Å². The van der Waals surface area contributed by atoms with Crippen LogP contribution in [0.3, 0.4) is 0 Å². The highest BCUT2D eigenvalue weighted by atomic mass is 16.5. The molecule has 0 amide bonds. The summed E-state index contributed by atoms with van der Waals surface area (Å²) >= 11 is 0. The lowest BCUT2D eigenvalue weighted by Gasteiger charge is -2.03. The molecule has 0 aliphatic carbocycles. The monoisotopic (exact) mass is 178 g/mol. The van der Waals surface area contributed by atoms with Gasteiger partial charge in [0.25, 0.3) is 0 Å². The van der Waals surface area contributed by atoms with E-state index in [0.29, 0.717) is 18.0 Å². The van der Waals surface area contributed by atoms with Crippen LogP contribution in [-0.4, -0.2) is 25.4 Å². The van der Waals surface area contributed by atoms with E-state index >= 15 is 0 Å². The molecule has 1 aromatic rings. The number of nitrogens with two attached hydrogens (primary N) is 1. The normalized spacial score (nSPS) is 9.62. The summed E-state index contributed by atoms with van der Waals surface area (Å²) in [5.41, 5.74) is 6.72. The molecule has 4 nitrogen and oxygen atoms in total. The van der Waals surface area contributed by atoms with Gasteiger partial charge in [0.05, 0.1) is 12.2 Å². The average molecular weight is 178 g/mol. The largest absolute Gasteiger partial charge is 0.462 e. The van der Waals surface area contributed by atoms with Gasteiger partial charge in [0.15, 0.2) is 0 Å². The fraction of sp³-hybridized carbons (Fsp3) is 0.250. The second-order valence-electron chi connectivity index (χ2n) is 2.65. The van der Waals surface area contributed by atoms with Crippen molar-refractivity contribution in [2.45, 2.75) is 6.92 Å². The van der Waals surface area contributed by atoms with E-state index in [-0.39, 0.29) is 5.97 Å². The molecular weight excluding hydrogens is 167 g/mol. The highest BCUT2D eigenvalue weighted by Crippen LogP contribution is 2.00. The lowest BCUT2D eigenvalue weighted by atomic mass is 9.96. The lowest BCUT2D eigenvalue weighted by Crippen LogP contribution is -2.15. The third kappa shape index (κ3) is 2.21. The summed E-state index contributed by atoms with van der Waals surface area (Å²) in [6, 6.07) is 1.67. The van der Waals surface area contributed by atoms with Gasteiger partial charge in [0.2, 0.25) is 0 Å². The third-order valence-electron chi connectivity index (χ3n) is 1.63. The van der Waals surface area contributed by atoms with Gasteiger partial charge in [-0.15, -0.1) is 0 Å². The predicted octanol–water partition coefficient (Wildman–Crippen LogP) is -0.901. The number of carbonyl (C=O) groups excluding carboxylic acids is 1. The summed E-state index contributed by atoms with van der Waals surface area (Å²) in [5, 5.41) is 0. The zero-order chi connectivity index (χ0) is 9.84.